The molecule has 1 aromatic carbocycles. The fraction of sp³-hybridized carbons (Fsp3) is 0.611. The Morgan fingerprint density at radius 3 is 2.37 bits per heavy atom. The summed E-state index contributed by atoms with van der Waals surface area (Å²) in [5.74, 6) is 0.527. The number of benzene rings is 1. The smallest absolute Gasteiger partial charge is 0.422 e. The fourth-order valence-electron chi connectivity index (χ4n) is 2.43. The molecule has 0 amide bonds. The first kappa shape index (κ1) is 28.7. The van der Waals surface area contributed by atoms with Crippen molar-refractivity contribution in [1.29, 1.82) is 0 Å². The molecule has 0 heterocycles. The summed E-state index contributed by atoms with van der Waals surface area (Å²) in [4.78, 5) is 4.37. The van der Waals surface area contributed by atoms with Gasteiger partial charge in [0, 0.05) is 24.2 Å². The lowest BCUT2D eigenvalue weighted by Crippen LogP contribution is -2.53. The zero-order chi connectivity index (χ0) is 22.3. The number of aliphatic imine (C=N–C) groups is 1. The molecular weight excluding hydrogens is 536 g/mol. The highest BCUT2D eigenvalue weighted by Gasteiger charge is 2.29. The normalized spacial score (nSPS) is 12.9. The van der Waals surface area contributed by atoms with Crippen molar-refractivity contribution in [2.45, 2.75) is 46.0 Å². The topological polar surface area (TPSA) is 91.8 Å². The summed E-state index contributed by atoms with van der Waals surface area (Å²) in [7, 11) is -3.38. The van der Waals surface area contributed by atoms with Gasteiger partial charge in [0.15, 0.2) is 12.6 Å². The molecule has 0 aliphatic carbocycles. The molecule has 174 valence electrons. The molecule has 0 saturated carbocycles. The Kier molecular flexibility index (Phi) is 11.4. The number of nitrogens with one attached hydrogen (secondary N) is 3. The van der Waals surface area contributed by atoms with Crippen molar-refractivity contribution in [3.8, 4) is 5.75 Å². The summed E-state index contributed by atoms with van der Waals surface area (Å²) < 4.78 is 67.8. The van der Waals surface area contributed by atoms with Crippen molar-refractivity contribution in [3.05, 3.63) is 29.3 Å². The predicted molar refractivity (Wildman–Crippen MR) is 123 cm³/mol. The molecule has 0 saturated heterocycles. The Bertz CT molecular complexity index is 815. The number of ether oxygens (including phenoxy) is 1. The van der Waals surface area contributed by atoms with Gasteiger partial charge in [-0.3, -0.25) is 0 Å². The Labute approximate surface area is 193 Å². The number of halogens is 4. The van der Waals surface area contributed by atoms with E-state index in [1.165, 1.54) is 6.07 Å². The van der Waals surface area contributed by atoms with E-state index in [1.54, 1.807) is 32.9 Å². The molecule has 12 heteroatoms. The fourth-order valence-corrected chi connectivity index (χ4v) is 3.51. The van der Waals surface area contributed by atoms with E-state index in [0.29, 0.717) is 18.1 Å². The molecule has 0 aromatic heterocycles. The highest BCUT2D eigenvalue weighted by Crippen LogP contribution is 2.24. The summed E-state index contributed by atoms with van der Waals surface area (Å²) in [6.45, 7) is 6.56. The van der Waals surface area contributed by atoms with Crippen LogP contribution in [0.5, 0.6) is 5.75 Å². The molecule has 0 fully saturated rings. The second-order valence-electron chi connectivity index (χ2n) is 7.32. The average Bonchev–Trinajstić information content (AvgIpc) is 2.54. The number of nitrogens with zero attached hydrogens (tertiary/aromatic N) is 1. The maximum absolute atomic E-state index is 12.5. The van der Waals surface area contributed by atoms with Gasteiger partial charge in [-0.1, -0.05) is 12.1 Å². The van der Waals surface area contributed by atoms with Crippen molar-refractivity contribution >= 4 is 40.0 Å². The van der Waals surface area contributed by atoms with Crippen LogP contribution in [0.15, 0.2) is 23.2 Å². The third-order valence-corrected chi connectivity index (χ3v) is 4.45. The molecule has 0 bridgehead atoms. The Hall–Kier alpha value is -1.28. The number of hydrogen-bond donors (Lipinski definition) is 3. The van der Waals surface area contributed by atoms with Crippen LogP contribution >= 0.6 is 24.0 Å². The lowest BCUT2D eigenvalue weighted by Gasteiger charge is -2.26. The first-order chi connectivity index (χ1) is 13.2. The molecule has 7 nitrogen and oxygen atoms in total. The van der Waals surface area contributed by atoms with Gasteiger partial charge < -0.3 is 15.4 Å². The van der Waals surface area contributed by atoms with Crippen LogP contribution in [0, 0.1) is 6.92 Å². The second kappa shape index (κ2) is 11.9. The standard InChI is InChI=1S/C18H29F3N4O3S.HI/c1-6-22-16(24-11-17(3,4)25-29(5,26)27)23-10-14-8-7-13(2)9-15(14)28-12-18(19,20)21;/h7-9,25H,6,10-12H2,1-5H3,(H2,22,23,24);1H. The van der Waals surface area contributed by atoms with Crippen molar-refractivity contribution in [1.82, 2.24) is 15.4 Å². The number of sulfonamides is 1. The second-order valence-corrected chi connectivity index (χ2v) is 9.07. The van der Waals surface area contributed by atoms with E-state index in [1.807, 2.05) is 6.92 Å². The van der Waals surface area contributed by atoms with E-state index < -0.39 is 28.3 Å². The van der Waals surface area contributed by atoms with Crippen LogP contribution in [-0.4, -0.2) is 52.0 Å². The Morgan fingerprint density at radius 2 is 1.83 bits per heavy atom. The number of rotatable bonds is 9. The molecule has 0 radical (unpaired) electrons. The number of guanidine groups is 1. The minimum absolute atomic E-state index is 0. The largest absolute Gasteiger partial charge is 0.484 e. The van der Waals surface area contributed by atoms with E-state index in [0.717, 1.165) is 11.8 Å². The van der Waals surface area contributed by atoms with Crippen LogP contribution in [0.2, 0.25) is 0 Å². The van der Waals surface area contributed by atoms with E-state index >= 15 is 0 Å². The highest BCUT2D eigenvalue weighted by atomic mass is 127. The van der Waals surface area contributed by atoms with Crippen molar-refractivity contribution in [2.24, 2.45) is 4.99 Å². The third kappa shape index (κ3) is 12.4. The van der Waals surface area contributed by atoms with Gasteiger partial charge in [-0.15, -0.1) is 24.0 Å². The van der Waals surface area contributed by atoms with E-state index in [-0.39, 0.29) is 42.8 Å². The summed E-state index contributed by atoms with van der Waals surface area (Å²) in [5.41, 5.74) is 0.508. The van der Waals surface area contributed by atoms with Gasteiger partial charge in [-0.05, 0) is 39.3 Å². The molecule has 0 aliphatic heterocycles. The number of aryl methyl sites for hydroxylation is 1. The van der Waals surface area contributed by atoms with Gasteiger partial charge in [-0.25, -0.2) is 18.1 Å². The zero-order valence-electron chi connectivity index (χ0n) is 17.7. The molecule has 0 atom stereocenters. The van der Waals surface area contributed by atoms with Crippen LogP contribution in [0.1, 0.15) is 31.9 Å². The quantitative estimate of drug-likeness (QED) is 0.243. The highest BCUT2D eigenvalue weighted by molar-refractivity contribution is 14.0. The summed E-state index contributed by atoms with van der Waals surface area (Å²) in [6, 6.07) is 4.98. The first-order valence-corrected chi connectivity index (χ1v) is 10.9. The van der Waals surface area contributed by atoms with Gasteiger partial charge in [0.25, 0.3) is 0 Å². The molecule has 1 rings (SSSR count). The molecule has 0 aliphatic rings. The predicted octanol–water partition coefficient (Wildman–Crippen LogP) is 2.94. The van der Waals surface area contributed by atoms with Gasteiger partial charge >= 0.3 is 6.18 Å². The lowest BCUT2D eigenvalue weighted by atomic mass is 10.1. The Morgan fingerprint density at radius 1 is 1.20 bits per heavy atom. The van der Waals surface area contributed by atoms with E-state index in [9.17, 15) is 21.6 Å². The summed E-state index contributed by atoms with van der Waals surface area (Å²) in [6.07, 6.45) is -3.35. The average molecular weight is 566 g/mol. The molecule has 1 aromatic rings. The SMILES string of the molecule is CCNC(=NCc1ccc(C)cc1OCC(F)(F)F)NCC(C)(C)NS(C)(=O)=O.I. The lowest BCUT2D eigenvalue weighted by molar-refractivity contribution is -0.153. The van der Waals surface area contributed by atoms with Gasteiger partial charge in [0.2, 0.25) is 10.0 Å². The van der Waals surface area contributed by atoms with Crippen LogP contribution in [-0.2, 0) is 16.6 Å². The molecule has 0 spiro atoms. The van der Waals surface area contributed by atoms with Crippen molar-refractivity contribution in [2.75, 3.05) is 26.0 Å². The maximum Gasteiger partial charge on any atom is 0.422 e. The minimum atomic E-state index is -4.43. The third-order valence-electron chi connectivity index (χ3n) is 3.53. The van der Waals surface area contributed by atoms with Crippen LogP contribution in [0.4, 0.5) is 13.2 Å². The monoisotopic (exact) mass is 566 g/mol. The zero-order valence-corrected chi connectivity index (χ0v) is 20.8. The van der Waals surface area contributed by atoms with E-state index in [4.69, 9.17) is 4.74 Å². The maximum atomic E-state index is 12.5. The van der Waals surface area contributed by atoms with Crippen molar-refractivity contribution < 1.29 is 26.3 Å². The summed E-state index contributed by atoms with van der Waals surface area (Å²) in [5, 5.41) is 6.05. The van der Waals surface area contributed by atoms with Crippen molar-refractivity contribution in [3.63, 3.8) is 0 Å². The van der Waals surface area contributed by atoms with Gasteiger partial charge in [0.05, 0.1) is 12.8 Å². The molecular formula is C18H30F3IN4O3S. The van der Waals surface area contributed by atoms with Crippen LogP contribution < -0.4 is 20.1 Å². The first-order valence-electron chi connectivity index (χ1n) is 9.01. The van der Waals surface area contributed by atoms with E-state index in [2.05, 4.69) is 20.3 Å². The number of alkyl halides is 3. The van der Waals surface area contributed by atoms with Gasteiger partial charge in [0.1, 0.15) is 5.75 Å². The van der Waals surface area contributed by atoms with Gasteiger partial charge in [-0.2, -0.15) is 13.2 Å². The van der Waals surface area contributed by atoms with Crippen LogP contribution in [0.25, 0.3) is 0 Å². The molecule has 30 heavy (non-hydrogen) atoms. The van der Waals surface area contributed by atoms with Crippen LogP contribution in [0.3, 0.4) is 0 Å². The Balaban J connectivity index is 0.00000841. The molecule has 3 N–H and O–H groups in total. The summed E-state index contributed by atoms with van der Waals surface area (Å²) >= 11 is 0. The molecule has 0 unspecified atom stereocenters. The number of hydrogen-bond acceptors (Lipinski definition) is 4. The minimum Gasteiger partial charge on any atom is -0.484 e.